The van der Waals surface area contributed by atoms with Gasteiger partial charge in [0.05, 0.1) is 11.6 Å². The monoisotopic (exact) mass is 475 g/mol. The number of benzene rings is 2. The third-order valence-electron chi connectivity index (χ3n) is 3.34. The largest absolute Gasteiger partial charge is 0.496 e. The van der Waals surface area contributed by atoms with Gasteiger partial charge in [-0.05, 0) is 64.8 Å². The molecule has 1 atom stereocenters. The van der Waals surface area contributed by atoms with Gasteiger partial charge < -0.3 is 10.1 Å². The molecule has 0 aromatic heterocycles. The van der Waals surface area contributed by atoms with Gasteiger partial charge in [0.15, 0.2) is 0 Å². The molecule has 0 bridgehead atoms. The summed E-state index contributed by atoms with van der Waals surface area (Å²) in [5.74, 6) is 0.851. The van der Waals surface area contributed by atoms with E-state index in [1.807, 2.05) is 13.1 Å². The summed E-state index contributed by atoms with van der Waals surface area (Å²) in [6.07, 6.45) is 0.902. The molecule has 0 aliphatic carbocycles. The molecule has 2 rings (SSSR count). The highest BCUT2D eigenvalue weighted by Gasteiger charge is 2.14. The van der Waals surface area contributed by atoms with E-state index in [4.69, 9.17) is 4.74 Å². The fourth-order valence-corrected chi connectivity index (χ4v) is 4.14. The quantitative estimate of drug-likeness (QED) is 0.615. The van der Waals surface area contributed by atoms with E-state index < -0.39 is 0 Å². The molecule has 0 saturated carbocycles. The molecule has 2 nitrogen and oxygen atoms in total. The predicted molar refractivity (Wildman–Crippen MR) is 98.0 cm³/mol. The van der Waals surface area contributed by atoms with Crippen LogP contribution in [0.25, 0.3) is 0 Å². The van der Waals surface area contributed by atoms with Gasteiger partial charge in [0.1, 0.15) is 5.75 Å². The van der Waals surface area contributed by atoms with Crippen molar-refractivity contribution < 1.29 is 4.74 Å². The minimum absolute atomic E-state index is 0.243. The number of likely N-dealkylation sites (N-methyl/N-ethyl adjacent to an activating group) is 1. The predicted octanol–water partition coefficient (Wildman–Crippen LogP) is 5.49. The van der Waals surface area contributed by atoms with E-state index in [1.54, 1.807) is 7.11 Å². The van der Waals surface area contributed by atoms with Crippen LogP contribution in [0.2, 0.25) is 0 Å². The molecule has 21 heavy (non-hydrogen) atoms. The fraction of sp³-hybridized carbons (Fsp3) is 0.250. The van der Waals surface area contributed by atoms with E-state index >= 15 is 0 Å². The summed E-state index contributed by atoms with van der Waals surface area (Å²) in [4.78, 5) is 0. The number of ether oxygens (including phenoxy) is 1. The summed E-state index contributed by atoms with van der Waals surface area (Å²) in [5, 5.41) is 3.38. The fourth-order valence-electron chi connectivity index (χ4n) is 2.22. The zero-order valence-corrected chi connectivity index (χ0v) is 16.5. The zero-order chi connectivity index (χ0) is 15.4. The summed E-state index contributed by atoms with van der Waals surface area (Å²) in [7, 11) is 3.66. The van der Waals surface area contributed by atoms with Crippen molar-refractivity contribution in [1.82, 2.24) is 5.32 Å². The highest BCUT2D eigenvalue weighted by atomic mass is 79.9. The molecule has 0 amide bonds. The van der Waals surface area contributed by atoms with E-state index in [9.17, 15) is 0 Å². The molecule has 0 saturated heterocycles. The molecule has 0 radical (unpaired) electrons. The average molecular weight is 478 g/mol. The second-order valence-corrected chi connectivity index (χ2v) is 7.30. The summed E-state index contributed by atoms with van der Waals surface area (Å²) in [6, 6.07) is 12.7. The Morgan fingerprint density at radius 2 is 1.81 bits per heavy atom. The molecule has 0 spiro atoms. The van der Waals surface area contributed by atoms with Crippen LogP contribution in [0.1, 0.15) is 17.2 Å². The summed E-state index contributed by atoms with van der Waals surface area (Å²) >= 11 is 10.7. The number of hydrogen-bond acceptors (Lipinski definition) is 2. The lowest BCUT2D eigenvalue weighted by molar-refractivity contribution is 0.412. The molecule has 2 aromatic rings. The van der Waals surface area contributed by atoms with Gasteiger partial charge >= 0.3 is 0 Å². The van der Waals surface area contributed by atoms with Crippen LogP contribution in [0.4, 0.5) is 0 Å². The third kappa shape index (κ3) is 4.31. The van der Waals surface area contributed by atoms with Gasteiger partial charge in [-0.3, -0.25) is 0 Å². The van der Waals surface area contributed by atoms with Crippen LogP contribution in [0.3, 0.4) is 0 Å². The Bertz CT molecular complexity index is 631. The van der Waals surface area contributed by atoms with Gasteiger partial charge in [-0.15, -0.1) is 0 Å². The highest BCUT2D eigenvalue weighted by molar-refractivity contribution is 9.11. The first-order chi connectivity index (χ1) is 10.0. The van der Waals surface area contributed by atoms with Gasteiger partial charge in [0.2, 0.25) is 0 Å². The minimum Gasteiger partial charge on any atom is -0.496 e. The summed E-state index contributed by atoms with van der Waals surface area (Å²) < 4.78 is 8.42. The normalized spacial score (nSPS) is 12.2. The number of hydrogen-bond donors (Lipinski definition) is 1. The van der Waals surface area contributed by atoms with Crippen LogP contribution >= 0.6 is 47.8 Å². The lowest BCUT2D eigenvalue weighted by Gasteiger charge is -2.19. The smallest absolute Gasteiger partial charge is 0.133 e. The summed E-state index contributed by atoms with van der Waals surface area (Å²) in [6.45, 7) is 0. The lowest BCUT2D eigenvalue weighted by Crippen LogP contribution is -2.19. The average Bonchev–Trinajstić information content (AvgIpc) is 2.45. The molecular weight excluding hydrogens is 462 g/mol. The number of rotatable bonds is 5. The van der Waals surface area contributed by atoms with Crippen molar-refractivity contribution in [2.45, 2.75) is 12.5 Å². The van der Waals surface area contributed by atoms with E-state index in [2.05, 4.69) is 83.4 Å². The van der Waals surface area contributed by atoms with Crippen molar-refractivity contribution >= 4 is 47.8 Å². The first-order valence-electron chi connectivity index (χ1n) is 6.49. The van der Waals surface area contributed by atoms with Crippen molar-refractivity contribution in [1.29, 1.82) is 0 Å². The van der Waals surface area contributed by atoms with Gasteiger partial charge in [-0.25, -0.2) is 0 Å². The molecule has 5 heteroatoms. The first kappa shape index (κ1) is 17.0. The van der Waals surface area contributed by atoms with Crippen molar-refractivity contribution in [3.8, 4) is 5.75 Å². The minimum atomic E-state index is 0.243. The first-order valence-corrected chi connectivity index (χ1v) is 8.87. The molecule has 1 unspecified atom stereocenters. The van der Waals surface area contributed by atoms with Crippen molar-refractivity contribution in [2.75, 3.05) is 14.2 Å². The lowest BCUT2D eigenvalue weighted by atomic mass is 9.99. The molecular formula is C16H16Br3NO. The molecule has 0 fully saturated rings. The van der Waals surface area contributed by atoms with Gasteiger partial charge in [0, 0.05) is 15.0 Å². The Hall–Kier alpha value is -0.360. The molecule has 0 aliphatic heterocycles. The van der Waals surface area contributed by atoms with E-state index in [-0.39, 0.29) is 6.04 Å². The van der Waals surface area contributed by atoms with Gasteiger partial charge in [-0.1, -0.05) is 44.0 Å². The number of nitrogens with one attached hydrogen (secondary N) is 1. The van der Waals surface area contributed by atoms with Gasteiger partial charge in [0.25, 0.3) is 0 Å². The second-order valence-electron chi connectivity index (χ2n) is 4.68. The van der Waals surface area contributed by atoms with E-state index in [0.717, 1.165) is 25.6 Å². The van der Waals surface area contributed by atoms with Crippen LogP contribution in [0.15, 0.2) is 49.8 Å². The van der Waals surface area contributed by atoms with Crippen molar-refractivity contribution in [3.05, 3.63) is 60.9 Å². The van der Waals surface area contributed by atoms with E-state index in [1.165, 1.54) is 11.1 Å². The van der Waals surface area contributed by atoms with Crippen molar-refractivity contribution in [3.63, 3.8) is 0 Å². The maximum atomic E-state index is 5.27. The SMILES string of the molecule is CNC(Cc1ccc(OC)c(Br)c1)c1ccc(Br)cc1Br. The number of methoxy groups -OCH3 is 1. The van der Waals surface area contributed by atoms with E-state index in [0.29, 0.717) is 0 Å². The van der Waals surface area contributed by atoms with Crippen LogP contribution in [-0.4, -0.2) is 14.2 Å². The Morgan fingerprint density at radius 3 is 2.38 bits per heavy atom. The number of halogens is 3. The topological polar surface area (TPSA) is 21.3 Å². The molecule has 2 aromatic carbocycles. The highest BCUT2D eigenvalue weighted by Crippen LogP contribution is 2.31. The Balaban J connectivity index is 2.24. The Labute approximate surface area is 150 Å². The second kappa shape index (κ2) is 7.77. The third-order valence-corrected chi connectivity index (χ3v) is 5.14. The van der Waals surface area contributed by atoms with Gasteiger partial charge in [-0.2, -0.15) is 0 Å². The summed E-state index contributed by atoms with van der Waals surface area (Å²) in [5.41, 5.74) is 2.49. The molecule has 112 valence electrons. The zero-order valence-electron chi connectivity index (χ0n) is 11.8. The molecule has 0 heterocycles. The van der Waals surface area contributed by atoms with Crippen LogP contribution in [0.5, 0.6) is 5.75 Å². The van der Waals surface area contributed by atoms with Crippen molar-refractivity contribution in [2.24, 2.45) is 0 Å². The standard InChI is InChI=1S/C16H16Br3NO/c1-20-15(12-5-4-11(17)9-13(12)18)8-10-3-6-16(21-2)14(19)7-10/h3-7,9,15,20H,8H2,1-2H3. The van der Waals surface area contributed by atoms with Crippen LogP contribution in [0, 0.1) is 0 Å². The van der Waals surface area contributed by atoms with Crippen LogP contribution in [-0.2, 0) is 6.42 Å². The molecule has 0 aliphatic rings. The molecule has 1 N–H and O–H groups in total. The maximum absolute atomic E-state index is 5.27. The Kier molecular flexibility index (Phi) is 6.29. The Morgan fingerprint density at radius 1 is 1.05 bits per heavy atom. The van der Waals surface area contributed by atoms with Crippen LogP contribution < -0.4 is 10.1 Å². The maximum Gasteiger partial charge on any atom is 0.133 e.